The number of carbonyl (C=O) groups is 1. The minimum atomic E-state index is -3.52. The summed E-state index contributed by atoms with van der Waals surface area (Å²) >= 11 is 0. The highest BCUT2D eigenvalue weighted by molar-refractivity contribution is 7.88. The maximum Gasteiger partial charge on any atom is 0.240 e. The van der Waals surface area contributed by atoms with Crippen LogP contribution in [0.25, 0.3) is 0 Å². The maximum absolute atomic E-state index is 12.5. The van der Waals surface area contributed by atoms with Crippen LogP contribution in [0, 0.1) is 0 Å². The van der Waals surface area contributed by atoms with Crippen LogP contribution in [0.15, 0.2) is 30.3 Å². The number of carbonyl (C=O) groups excluding carboxylic acids is 1. The molecule has 0 bridgehead atoms. The molecule has 0 saturated heterocycles. The molecule has 0 unspecified atom stereocenters. The van der Waals surface area contributed by atoms with Gasteiger partial charge in [0.15, 0.2) is 0 Å². The number of unbranched alkanes of at least 4 members (excludes halogenated alkanes) is 15. The van der Waals surface area contributed by atoms with Gasteiger partial charge in [-0.1, -0.05) is 134 Å². The Kier molecular flexibility index (Phi) is 19.6. The Hall–Kier alpha value is -1.44. The molecule has 0 aliphatic carbocycles. The third kappa shape index (κ3) is 19.7. The van der Waals surface area contributed by atoms with E-state index in [1.54, 1.807) is 0 Å². The van der Waals surface area contributed by atoms with Crippen molar-refractivity contribution in [3.05, 3.63) is 35.9 Å². The molecule has 0 saturated carbocycles. The first kappa shape index (κ1) is 32.6. The first-order valence-electron chi connectivity index (χ1n) is 14.3. The van der Waals surface area contributed by atoms with E-state index in [4.69, 9.17) is 4.74 Å². The summed E-state index contributed by atoms with van der Waals surface area (Å²) < 4.78 is 31.3. The van der Waals surface area contributed by atoms with E-state index in [0.29, 0.717) is 13.2 Å². The summed E-state index contributed by atoms with van der Waals surface area (Å²) in [5, 5.41) is 2.86. The van der Waals surface area contributed by atoms with Crippen molar-refractivity contribution in [3.63, 3.8) is 0 Å². The van der Waals surface area contributed by atoms with Crippen LogP contribution >= 0.6 is 0 Å². The summed E-state index contributed by atoms with van der Waals surface area (Å²) in [6.07, 6.45) is 22.0. The molecular formula is C29H52N2O4S. The molecule has 6 nitrogen and oxygen atoms in total. The average Bonchev–Trinajstić information content (AvgIpc) is 2.85. The summed E-state index contributed by atoms with van der Waals surface area (Å²) in [5.74, 6) is -0.338. The molecule has 0 spiro atoms. The average molecular weight is 525 g/mol. The van der Waals surface area contributed by atoms with E-state index in [1.165, 1.54) is 89.9 Å². The van der Waals surface area contributed by atoms with Gasteiger partial charge in [0.25, 0.3) is 0 Å². The molecule has 208 valence electrons. The molecule has 0 radical (unpaired) electrons. The van der Waals surface area contributed by atoms with Gasteiger partial charge in [-0.3, -0.25) is 4.79 Å². The second kappa shape index (κ2) is 21.6. The van der Waals surface area contributed by atoms with Crippen LogP contribution in [0.5, 0.6) is 0 Å². The third-order valence-corrected chi connectivity index (χ3v) is 7.11. The van der Waals surface area contributed by atoms with Crippen molar-refractivity contribution in [1.82, 2.24) is 10.0 Å². The lowest BCUT2D eigenvalue weighted by Crippen LogP contribution is -2.49. The third-order valence-electron chi connectivity index (χ3n) is 6.40. The van der Waals surface area contributed by atoms with Crippen molar-refractivity contribution in [3.8, 4) is 0 Å². The molecule has 1 aromatic rings. The van der Waals surface area contributed by atoms with Gasteiger partial charge in [-0.2, -0.15) is 0 Å². The molecule has 1 rings (SSSR count). The van der Waals surface area contributed by atoms with Gasteiger partial charge in [-0.05, 0) is 12.0 Å². The van der Waals surface area contributed by atoms with Crippen molar-refractivity contribution in [2.24, 2.45) is 0 Å². The molecular weight excluding hydrogens is 472 g/mol. The molecule has 36 heavy (non-hydrogen) atoms. The fraction of sp³-hybridized carbons (Fsp3) is 0.759. The molecule has 0 heterocycles. The monoisotopic (exact) mass is 524 g/mol. The molecule has 7 heteroatoms. The van der Waals surface area contributed by atoms with Gasteiger partial charge < -0.3 is 10.1 Å². The summed E-state index contributed by atoms with van der Waals surface area (Å²) in [6, 6.07) is 8.67. The fourth-order valence-corrected chi connectivity index (χ4v) is 4.99. The number of hydrogen-bond donors (Lipinski definition) is 2. The molecule has 1 aromatic carbocycles. The Morgan fingerprint density at radius 3 is 1.72 bits per heavy atom. The van der Waals surface area contributed by atoms with Gasteiger partial charge in [0, 0.05) is 6.54 Å². The topological polar surface area (TPSA) is 84.5 Å². The SMILES string of the molecule is CCCCCCCCCCCCCCCCCCNC(=O)[C@H](COCc1ccccc1)NS(C)(=O)=O. The molecule has 0 aliphatic heterocycles. The van der Waals surface area contributed by atoms with Gasteiger partial charge in [0.2, 0.25) is 15.9 Å². The summed E-state index contributed by atoms with van der Waals surface area (Å²) in [5.41, 5.74) is 0.976. The second-order valence-electron chi connectivity index (χ2n) is 10.0. The molecule has 1 amide bonds. The number of amides is 1. The quantitative estimate of drug-likeness (QED) is 0.151. The Morgan fingerprint density at radius 1 is 0.778 bits per heavy atom. The van der Waals surface area contributed by atoms with E-state index < -0.39 is 16.1 Å². The lowest BCUT2D eigenvalue weighted by molar-refractivity contribution is -0.124. The number of benzene rings is 1. The Labute approximate surface area is 221 Å². The van der Waals surface area contributed by atoms with Crippen molar-refractivity contribution < 1.29 is 17.9 Å². The molecule has 1 atom stereocenters. The largest absolute Gasteiger partial charge is 0.375 e. The molecule has 0 fully saturated rings. The van der Waals surface area contributed by atoms with E-state index in [9.17, 15) is 13.2 Å². The normalized spacial score (nSPS) is 12.5. The number of rotatable bonds is 24. The number of nitrogens with one attached hydrogen (secondary N) is 2. The Morgan fingerprint density at radius 2 is 1.25 bits per heavy atom. The summed E-state index contributed by atoms with van der Waals surface area (Å²) in [6.45, 7) is 3.14. The van der Waals surface area contributed by atoms with Crippen LogP contribution in [0.4, 0.5) is 0 Å². The first-order valence-corrected chi connectivity index (χ1v) is 16.2. The smallest absolute Gasteiger partial charge is 0.240 e. The van der Waals surface area contributed by atoms with Gasteiger partial charge in [-0.15, -0.1) is 0 Å². The van der Waals surface area contributed by atoms with Crippen LogP contribution < -0.4 is 10.0 Å². The predicted molar refractivity (Wildman–Crippen MR) is 150 cm³/mol. The van der Waals surface area contributed by atoms with Crippen molar-refractivity contribution in [2.75, 3.05) is 19.4 Å². The number of sulfonamides is 1. The zero-order chi connectivity index (χ0) is 26.3. The first-order chi connectivity index (χ1) is 17.4. The number of ether oxygens (including phenoxy) is 1. The highest BCUT2D eigenvalue weighted by Gasteiger charge is 2.22. The number of hydrogen-bond acceptors (Lipinski definition) is 4. The van der Waals surface area contributed by atoms with E-state index in [1.807, 2.05) is 30.3 Å². The van der Waals surface area contributed by atoms with E-state index >= 15 is 0 Å². The van der Waals surface area contributed by atoms with Gasteiger partial charge in [-0.25, -0.2) is 13.1 Å². The fourth-order valence-electron chi connectivity index (χ4n) is 4.30. The van der Waals surface area contributed by atoms with Crippen molar-refractivity contribution in [1.29, 1.82) is 0 Å². The van der Waals surface area contributed by atoms with Gasteiger partial charge in [0.05, 0.1) is 19.5 Å². The lowest BCUT2D eigenvalue weighted by atomic mass is 10.0. The molecule has 0 aliphatic rings. The Balaban J connectivity index is 2.03. The van der Waals surface area contributed by atoms with E-state index in [-0.39, 0.29) is 12.5 Å². The zero-order valence-corrected chi connectivity index (χ0v) is 23.8. The van der Waals surface area contributed by atoms with E-state index in [2.05, 4.69) is 17.0 Å². The highest BCUT2D eigenvalue weighted by atomic mass is 32.2. The van der Waals surface area contributed by atoms with Crippen LogP contribution in [0.3, 0.4) is 0 Å². The summed E-state index contributed by atoms with van der Waals surface area (Å²) in [7, 11) is -3.52. The lowest BCUT2D eigenvalue weighted by Gasteiger charge is -2.17. The molecule has 2 N–H and O–H groups in total. The predicted octanol–water partition coefficient (Wildman–Crippen LogP) is 6.50. The van der Waals surface area contributed by atoms with Crippen LogP contribution in [0.2, 0.25) is 0 Å². The van der Waals surface area contributed by atoms with Crippen LogP contribution in [0.1, 0.15) is 115 Å². The van der Waals surface area contributed by atoms with Crippen LogP contribution in [-0.2, 0) is 26.2 Å². The zero-order valence-electron chi connectivity index (χ0n) is 22.9. The second-order valence-corrected chi connectivity index (χ2v) is 11.8. The van der Waals surface area contributed by atoms with E-state index in [0.717, 1.165) is 24.7 Å². The highest BCUT2D eigenvalue weighted by Crippen LogP contribution is 2.13. The minimum Gasteiger partial charge on any atom is -0.375 e. The molecule has 0 aromatic heterocycles. The van der Waals surface area contributed by atoms with Crippen molar-refractivity contribution >= 4 is 15.9 Å². The minimum absolute atomic E-state index is 0.00719. The maximum atomic E-state index is 12.5. The summed E-state index contributed by atoms with van der Waals surface area (Å²) in [4.78, 5) is 12.5. The Bertz CT molecular complexity index is 756. The standard InChI is InChI=1S/C29H52N2O4S/c1-3-4-5-6-7-8-9-10-11-12-13-14-15-16-17-21-24-30-29(32)28(31-36(2,33)34)26-35-25-27-22-19-18-20-23-27/h18-20,22-23,28,31H,3-17,21,24-26H2,1-2H3,(H,30,32)/t28-/m0/s1. The van der Waals surface area contributed by atoms with Crippen molar-refractivity contribution in [2.45, 2.75) is 122 Å². The van der Waals surface area contributed by atoms with Gasteiger partial charge in [0.1, 0.15) is 6.04 Å². The van der Waals surface area contributed by atoms with Gasteiger partial charge >= 0.3 is 0 Å². The van der Waals surface area contributed by atoms with Crippen LogP contribution in [-0.4, -0.2) is 39.8 Å².